The van der Waals surface area contributed by atoms with Gasteiger partial charge in [0.2, 0.25) is 0 Å². The third kappa shape index (κ3) is 5.21. The van der Waals surface area contributed by atoms with Crippen molar-refractivity contribution in [1.29, 1.82) is 5.41 Å². The molecule has 1 unspecified atom stereocenters. The van der Waals surface area contributed by atoms with Crippen molar-refractivity contribution in [2.24, 2.45) is 5.73 Å². The zero-order chi connectivity index (χ0) is 23.4. The van der Waals surface area contributed by atoms with Gasteiger partial charge in [0.1, 0.15) is 5.84 Å². The summed E-state index contributed by atoms with van der Waals surface area (Å²) in [5.41, 5.74) is 9.77. The molecular weight excluding hydrogens is 452 g/mol. The van der Waals surface area contributed by atoms with Crippen LogP contribution in [0.1, 0.15) is 29.2 Å². The highest BCUT2D eigenvalue weighted by atomic mass is 35.5. The number of amidine groups is 1. The van der Waals surface area contributed by atoms with E-state index in [0.717, 1.165) is 22.5 Å². The van der Waals surface area contributed by atoms with E-state index in [-0.39, 0.29) is 36.3 Å². The molecule has 0 spiro atoms. The SMILES string of the molecule is COC(=O)CCc1ccc(N2C(=O)N(c3ccc(C(=N)N)cc3)CC2c2ccccc2)cc1.Cl. The normalized spacial score (nSPS) is 15.1. The minimum Gasteiger partial charge on any atom is -0.469 e. The van der Waals surface area contributed by atoms with Crippen molar-refractivity contribution in [1.82, 2.24) is 0 Å². The topological polar surface area (TPSA) is 99.7 Å². The first-order valence-corrected chi connectivity index (χ1v) is 10.7. The first kappa shape index (κ1) is 24.8. The lowest BCUT2D eigenvalue weighted by molar-refractivity contribution is -0.140. The van der Waals surface area contributed by atoms with E-state index in [1.54, 1.807) is 21.9 Å². The number of hydrogen-bond donors (Lipinski definition) is 2. The Balaban J connectivity index is 0.00000324. The molecule has 1 heterocycles. The molecule has 0 radical (unpaired) electrons. The summed E-state index contributed by atoms with van der Waals surface area (Å²) in [7, 11) is 1.38. The average Bonchev–Trinajstić information content (AvgIpc) is 3.20. The van der Waals surface area contributed by atoms with E-state index in [2.05, 4.69) is 0 Å². The summed E-state index contributed by atoms with van der Waals surface area (Å²) in [6.45, 7) is 0.492. The van der Waals surface area contributed by atoms with Crippen LogP contribution in [-0.4, -0.2) is 31.5 Å². The maximum atomic E-state index is 13.6. The minimum atomic E-state index is -0.246. The molecule has 1 aliphatic heterocycles. The highest BCUT2D eigenvalue weighted by Crippen LogP contribution is 2.37. The second-order valence-corrected chi connectivity index (χ2v) is 7.89. The van der Waals surface area contributed by atoms with Gasteiger partial charge in [-0.05, 0) is 53.9 Å². The minimum absolute atomic E-state index is 0. The molecule has 1 fully saturated rings. The van der Waals surface area contributed by atoms with Crippen molar-refractivity contribution in [3.05, 3.63) is 95.6 Å². The van der Waals surface area contributed by atoms with E-state index in [1.165, 1.54) is 7.11 Å². The maximum absolute atomic E-state index is 13.6. The maximum Gasteiger partial charge on any atom is 0.329 e. The Morgan fingerprint density at radius 3 is 2.21 bits per heavy atom. The number of aryl methyl sites for hydroxylation is 1. The quantitative estimate of drug-likeness (QED) is 0.292. The zero-order valence-electron chi connectivity index (χ0n) is 18.8. The number of amides is 2. The Morgan fingerprint density at radius 1 is 1.00 bits per heavy atom. The molecule has 8 heteroatoms. The van der Waals surface area contributed by atoms with E-state index in [0.29, 0.717) is 24.9 Å². The van der Waals surface area contributed by atoms with Crippen LogP contribution in [0.3, 0.4) is 0 Å². The Kier molecular flexibility index (Phi) is 7.91. The third-order valence-corrected chi connectivity index (χ3v) is 5.84. The molecule has 1 saturated heterocycles. The summed E-state index contributed by atoms with van der Waals surface area (Å²) in [4.78, 5) is 28.6. The average molecular weight is 479 g/mol. The number of carbonyl (C=O) groups excluding carboxylic acids is 2. The predicted octanol–water partition coefficient (Wildman–Crippen LogP) is 4.69. The van der Waals surface area contributed by atoms with Gasteiger partial charge in [-0.15, -0.1) is 12.4 Å². The Hall–Kier alpha value is -3.84. The molecular formula is C26H27ClN4O3. The third-order valence-electron chi connectivity index (χ3n) is 5.84. The fourth-order valence-electron chi connectivity index (χ4n) is 4.02. The number of carbonyl (C=O) groups is 2. The number of benzene rings is 3. The van der Waals surface area contributed by atoms with Crippen LogP contribution >= 0.6 is 12.4 Å². The van der Waals surface area contributed by atoms with Crippen molar-refractivity contribution in [2.45, 2.75) is 18.9 Å². The van der Waals surface area contributed by atoms with Crippen molar-refractivity contribution in [3.8, 4) is 0 Å². The first-order valence-electron chi connectivity index (χ1n) is 10.7. The van der Waals surface area contributed by atoms with Gasteiger partial charge in [-0.2, -0.15) is 0 Å². The second-order valence-electron chi connectivity index (χ2n) is 7.89. The highest BCUT2D eigenvalue weighted by Gasteiger charge is 2.39. The van der Waals surface area contributed by atoms with Crippen LogP contribution in [0, 0.1) is 5.41 Å². The smallest absolute Gasteiger partial charge is 0.329 e. The van der Waals surface area contributed by atoms with Gasteiger partial charge in [0, 0.05) is 23.4 Å². The van der Waals surface area contributed by atoms with Crippen LogP contribution in [-0.2, 0) is 16.0 Å². The van der Waals surface area contributed by atoms with Crippen LogP contribution in [0.4, 0.5) is 16.2 Å². The monoisotopic (exact) mass is 478 g/mol. The predicted molar refractivity (Wildman–Crippen MR) is 136 cm³/mol. The summed E-state index contributed by atoms with van der Waals surface area (Å²) in [6, 6.07) is 24.5. The van der Waals surface area contributed by atoms with Gasteiger partial charge in [0.05, 0.1) is 19.7 Å². The number of halogens is 1. The number of rotatable bonds is 7. The Bertz CT molecular complexity index is 1150. The number of anilines is 2. The number of urea groups is 1. The standard InChI is InChI=1S/C26H26N4O3.ClH/c1-33-24(31)16-9-18-7-12-22(13-8-18)30-23(19-5-3-2-4-6-19)17-29(26(30)32)21-14-10-20(11-15-21)25(27)28;/h2-8,10-15,23H,9,16-17H2,1H3,(H3,27,28);1H. The van der Waals surface area contributed by atoms with E-state index in [1.807, 2.05) is 66.7 Å². The lowest BCUT2D eigenvalue weighted by Crippen LogP contribution is -2.32. The van der Waals surface area contributed by atoms with Crippen LogP contribution in [0.5, 0.6) is 0 Å². The number of nitrogen functional groups attached to an aromatic ring is 1. The van der Waals surface area contributed by atoms with Crippen molar-refractivity contribution < 1.29 is 14.3 Å². The van der Waals surface area contributed by atoms with Crippen LogP contribution < -0.4 is 15.5 Å². The van der Waals surface area contributed by atoms with Crippen molar-refractivity contribution in [2.75, 3.05) is 23.5 Å². The molecule has 1 atom stereocenters. The van der Waals surface area contributed by atoms with E-state index in [9.17, 15) is 9.59 Å². The zero-order valence-corrected chi connectivity index (χ0v) is 19.6. The molecule has 34 heavy (non-hydrogen) atoms. The van der Waals surface area contributed by atoms with Crippen LogP contribution in [0.25, 0.3) is 0 Å². The lowest BCUT2D eigenvalue weighted by Gasteiger charge is -2.24. The molecule has 0 saturated carbocycles. The second kappa shape index (κ2) is 10.9. The van der Waals surface area contributed by atoms with Gasteiger partial charge >= 0.3 is 12.0 Å². The summed E-state index contributed by atoms with van der Waals surface area (Å²) >= 11 is 0. The number of nitrogens with zero attached hydrogens (tertiary/aromatic N) is 2. The summed E-state index contributed by atoms with van der Waals surface area (Å²) in [5.74, 6) is -0.255. The summed E-state index contributed by atoms with van der Waals surface area (Å²) < 4.78 is 4.71. The molecule has 3 aromatic carbocycles. The van der Waals surface area contributed by atoms with Gasteiger partial charge in [0.15, 0.2) is 0 Å². The molecule has 0 aromatic heterocycles. The van der Waals surface area contributed by atoms with E-state index < -0.39 is 0 Å². The number of nitrogens with one attached hydrogen (secondary N) is 1. The number of nitrogens with two attached hydrogens (primary N) is 1. The summed E-state index contributed by atoms with van der Waals surface area (Å²) in [5, 5.41) is 7.59. The molecule has 0 aliphatic carbocycles. The molecule has 3 aromatic rings. The van der Waals surface area contributed by atoms with E-state index in [4.69, 9.17) is 15.9 Å². The first-order chi connectivity index (χ1) is 16.0. The molecule has 0 bridgehead atoms. The largest absolute Gasteiger partial charge is 0.469 e. The number of esters is 1. The molecule has 7 nitrogen and oxygen atoms in total. The highest BCUT2D eigenvalue weighted by molar-refractivity contribution is 6.07. The molecule has 2 amide bonds. The fraction of sp³-hybridized carbons (Fsp3) is 0.192. The van der Waals surface area contributed by atoms with Crippen molar-refractivity contribution >= 4 is 41.6 Å². The van der Waals surface area contributed by atoms with Gasteiger partial charge in [0.25, 0.3) is 0 Å². The Labute approximate surface area is 205 Å². The number of ether oxygens (including phenoxy) is 1. The number of methoxy groups -OCH3 is 1. The summed E-state index contributed by atoms with van der Waals surface area (Å²) in [6.07, 6.45) is 0.896. The molecule has 4 rings (SSSR count). The van der Waals surface area contributed by atoms with Gasteiger partial charge < -0.3 is 10.5 Å². The van der Waals surface area contributed by atoms with Crippen LogP contribution in [0.15, 0.2) is 78.9 Å². The molecule has 3 N–H and O–H groups in total. The van der Waals surface area contributed by atoms with Gasteiger partial charge in [-0.25, -0.2) is 4.79 Å². The van der Waals surface area contributed by atoms with E-state index >= 15 is 0 Å². The lowest BCUT2D eigenvalue weighted by atomic mass is 10.0. The molecule has 176 valence electrons. The number of hydrogen-bond acceptors (Lipinski definition) is 4. The fourth-order valence-corrected chi connectivity index (χ4v) is 4.02. The molecule has 1 aliphatic rings. The Morgan fingerprint density at radius 2 is 1.62 bits per heavy atom. The van der Waals surface area contributed by atoms with Gasteiger partial charge in [-0.1, -0.05) is 42.5 Å². The van der Waals surface area contributed by atoms with Crippen LogP contribution in [0.2, 0.25) is 0 Å². The van der Waals surface area contributed by atoms with Gasteiger partial charge in [-0.3, -0.25) is 20.0 Å². The van der Waals surface area contributed by atoms with Crippen molar-refractivity contribution in [3.63, 3.8) is 0 Å².